The van der Waals surface area contributed by atoms with Crippen LogP contribution in [0.15, 0.2) is 54.6 Å². The van der Waals surface area contributed by atoms with Gasteiger partial charge in [-0.3, -0.25) is 9.69 Å². The average molecular weight is 281 g/mol. The van der Waals surface area contributed by atoms with Gasteiger partial charge in [-0.15, -0.1) is 0 Å². The monoisotopic (exact) mass is 281 g/mol. The lowest BCUT2D eigenvalue weighted by molar-refractivity contribution is -0.142. The molecule has 0 unspecified atom stereocenters. The standard InChI is InChI=1S/C18H19NO2/c1-19(17-11-12-21-18(17)20)13-15-9-5-6-10-16(15)14-7-3-2-4-8-14/h2-10,17H,11-13H2,1H3/t17-/m1/s1. The first-order valence-electron chi connectivity index (χ1n) is 7.26. The Morgan fingerprint density at radius 1 is 1.10 bits per heavy atom. The lowest BCUT2D eigenvalue weighted by Gasteiger charge is -2.22. The summed E-state index contributed by atoms with van der Waals surface area (Å²) in [5.74, 6) is -0.102. The Morgan fingerprint density at radius 3 is 2.52 bits per heavy atom. The van der Waals surface area contributed by atoms with Crippen LogP contribution in [0.1, 0.15) is 12.0 Å². The van der Waals surface area contributed by atoms with Gasteiger partial charge >= 0.3 is 5.97 Å². The summed E-state index contributed by atoms with van der Waals surface area (Å²) in [7, 11) is 1.99. The van der Waals surface area contributed by atoms with E-state index in [0.717, 1.165) is 13.0 Å². The number of hydrogen-bond donors (Lipinski definition) is 0. The molecule has 0 aliphatic carbocycles. The summed E-state index contributed by atoms with van der Waals surface area (Å²) in [4.78, 5) is 13.8. The number of hydrogen-bond acceptors (Lipinski definition) is 3. The second-order valence-electron chi connectivity index (χ2n) is 5.41. The lowest BCUT2D eigenvalue weighted by atomic mass is 9.99. The molecular weight excluding hydrogens is 262 g/mol. The van der Waals surface area contributed by atoms with Crippen LogP contribution in [0.5, 0.6) is 0 Å². The molecule has 1 aliphatic rings. The maximum absolute atomic E-state index is 11.7. The van der Waals surface area contributed by atoms with E-state index in [4.69, 9.17) is 4.74 Å². The predicted molar refractivity (Wildman–Crippen MR) is 82.7 cm³/mol. The van der Waals surface area contributed by atoms with E-state index in [1.165, 1.54) is 16.7 Å². The molecule has 0 bridgehead atoms. The van der Waals surface area contributed by atoms with Crippen molar-refractivity contribution in [2.45, 2.75) is 19.0 Å². The van der Waals surface area contributed by atoms with Crippen molar-refractivity contribution >= 4 is 5.97 Å². The highest BCUT2D eigenvalue weighted by molar-refractivity contribution is 5.77. The molecule has 1 aliphatic heterocycles. The normalized spacial score (nSPS) is 18.0. The van der Waals surface area contributed by atoms with Crippen molar-refractivity contribution in [1.82, 2.24) is 4.90 Å². The van der Waals surface area contributed by atoms with Gasteiger partial charge in [0.05, 0.1) is 6.61 Å². The molecule has 0 amide bonds. The first kappa shape index (κ1) is 13.8. The summed E-state index contributed by atoms with van der Waals surface area (Å²) in [6, 6.07) is 18.6. The number of cyclic esters (lactones) is 1. The fourth-order valence-corrected chi connectivity index (χ4v) is 2.82. The Bertz CT molecular complexity index is 624. The first-order valence-corrected chi connectivity index (χ1v) is 7.26. The van der Waals surface area contributed by atoms with Crippen LogP contribution >= 0.6 is 0 Å². The zero-order valence-electron chi connectivity index (χ0n) is 12.2. The van der Waals surface area contributed by atoms with Crippen LogP contribution < -0.4 is 0 Å². The molecule has 0 radical (unpaired) electrons. The van der Waals surface area contributed by atoms with Crippen LogP contribution in [0.2, 0.25) is 0 Å². The Morgan fingerprint density at radius 2 is 1.81 bits per heavy atom. The molecule has 1 saturated heterocycles. The second-order valence-corrected chi connectivity index (χ2v) is 5.41. The molecule has 3 nitrogen and oxygen atoms in total. The number of nitrogens with zero attached hydrogens (tertiary/aromatic N) is 1. The van der Waals surface area contributed by atoms with E-state index in [1.54, 1.807) is 0 Å². The highest BCUT2D eigenvalue weighted by Crippen LogP contribution is 2.25. The van der Waals surface area contributed by atoms with Gasteiger partial charge in [-0.25, -0.2) is 0 Å². The quantitative estimate of drug-likeness (QED) is 0.807. The van der Waals surface area contributed by atoms with E-state index < -0.39 is 0 Å². The SMILES string of the molecule is CN(Cc1ccccc1-c1ccccc1)[C@@H]1CCOC1=O. The summed E-state index contributed by atoms with van der Waals surface area (Å²) < 4.78 is 5.06. The van der Waals surface area contributed by atoms with Crippen LogP contribution in [-0.2, 0) is 16.1 Å². The van der Waals surface area contributed by atoms with E-state index in [2.05, 4.69) is 35.2 Å². The lowest BCUT2D eigenvalue weighted by Crippen LogP contribution is -2.34. The fraction of sp³-hybridized carbons (Fsp3) is 0.278. The molecule has 1 heterocycles. The molecular formula is C18H19NO2. The van der Waals surface area contributed by atoms with Crippen molar-refractivity contribution in [2.75, 3.05) is 13.7 Å². The van der Waals surface area contributed by atoms with Gasteiger partial charge in [-0.1, -0.05) is 54.6 Å². The molecule has 2 aromatic rings. The largest absolute Gasteiger partial charge is 0.464 e. The van der Waals surface area contributed by atoms with Gasteiger partial charge in [0.15, 0.2) is 0 Å². The van der Waals surface area contributed by atoms with Crippen molar-refractivity contribution in [1.29, 1.82) is 0 Å². The molecule has 0 N–H and O–H groups in total. The first-order chi connectivity index (χ1) is 10.3. The van der Waals surface area contributed by atoms with Crippen molar-refractivity contribution in [3.8, 4) is 11.1 Å². The number of esters is 1. The van der Waals surface area contributed by atoms with Crippen LogP contribution in [-0.4, -0.2) is 30.6 Å². The highest BCUT2D eigenvalue weighted by atomic mass is 16.5. The van der Waals surface area contributed by atoms with Gasteiger partial charge in [0, 0.05) is 13.0 Å². The van der Waals surface area contributed by atoms with Crippen molar-refractivity contribution in [3.05, 3.63) is 60.2 Å². The minimum absolute atomic E-state index is 0.102. The maximum atomic E-state index is 11.7. The molecule has 108 valence electrons. The zero-order valence-corrected chi connectivity index (χ0v) is 12.2. The van der Waals surface area contributed by atoms with E-state index in [1.807, 2.05) is 31.3 Å². The van der Waals surface area contributed by atoms with Crippen molar-refractivity contribution in [3.63, 3.8) is 0 Å². The fourth-order valence-electron chi connectivity index (χ4n) is 2.82. The number of benzene rings is 2. The smallest absolute Gasteiger partial charge is 0.323 e. The van der Waals surface area contributed by atoms with E-state index in [0.29, 0.717) is 6.61 Å². The molecule has 0 spiro atoms. The molecule has 2 aromatic carbocycles. The molecule has 1 atom stereocenters. The third-order valence-corrected chi connectivity index (χ3v) is 3.96. The third kappa shape index (κ3) is 2.98. The highest BCUT2D eigenvalue weighted by Gasteiger charge is 2.30. The zero-order chi connectivity index (χ0) is 14.7. The Labute approximate surface area is 125 Å². The summed E-state index contributed by atoms with van der Waals surface area (Å²) in [6.07, 6.45) is 0.781. The van der Waals surface area contributed by atoms with Gasteiger partial charge < -0.3 is 4.74 Å². The molecule has 1 fully saturated rings. The van der Waals surface area contributed by atoms with Gasteiger partial charge in [0.2, 0.25) is 0 Å². The number of carbonyl (C=O) groups excluding carboxylic acids is 1. The summed E-state index contributed by atoms with van der Waals surface area (Å²) >= 11 is 0. The number of carbonyl (C=O) groups is 1. The maximum Gasteiger partial charge on any atom is 0.323 e. The van der Waals surface area contributed by atoms with Gasteiger partial charge in [-0.2, -0.15) is 0 Å². The van der Waals surface area contributed by atoms with Gasteiger partial charge in [-0.05, 0) is 23.7 Å². The number of rotatable bonds is 4. The molecule has 3 heteroatoms. The van der Waals surface area contributed by atoms with Crippen molar-refractivity contribution < 1.29 is 9.53 Å². The molecule has 0 aromatic heterocycles. The van der Waals surface area contributed by atoms with Gasteiger partial charge in [0.1, 0.15) is 6.04 Å². The summed E-state index contributed by atoms with van der Waals surface area (Å²) in [5, 5.41) is 0. The number of likely N-dealkylation sites (N-methyl/N-ethyl adjacent to an activating group) is 1. The molecule has 0 saturated carbocycles. The van der Waals surface area contributed by atoms with Gasteiger partial charge in [0.25, 0.3) is 0 Å². The van der Waals surface area contributed by atoms with Crippen molar-refractivity contribution in [2.24, 2.45) is 0 Å². The van der Waals surface area contributed by atoms with Crippen LogP contribution in [0.25, 0.3) is 11.1 Å². The summed E-state index contributed by atoms with van der Waals surface area (Å²) in [6.45, 7) is 1.28. The number of ether oxygens (including phenoxy) is 1. The molecule has 3 rings (SSSR count). The molecule has 21 heavy (non-hydrogen) atoms. The van der Waals surface area contributed by atoms with Crippen LogP contribution in [0.4, 0.5) is 0 Å². The van der Waals surface area contributed by atoms with E-state index >= 15 is 0 Å². The minimum Gasteiger partial charge on any atom is -0.464 e. The average Bonchev–Trinajstić information content (AvgIpc) is 2.95. The Kier molecular flexibility index (Phi) is 4.02. The second kappa shape index (κ2) is 6.10. The minimum atomic E-state index is -0.117. The van der Waals surface area contributed by atoms with E-state index in [-0.39, 0.29) is 12.0 Å². The van der Waals surface area contributed by atoms with Crippen LogP contribution in [0, 0.1) is 0 Å². The summed E-state index contributed by atoms with van der Waals surface area (Å²) in [5.41, 5.74) is 3.65. The topological polar surface area (TPSA) is 29.5 Å². The third-order valence-electron chi connectivity index (χ3n) is 3.96. The van der Waals surface area contributed by atoms with Crippen LogP contribution in [0.3, 0.4) is 0 Å². The predicted octanol–water partition coefficient (Wildman–Crippen LogP) is 3.10. The van der Waals surface area contributed by atoms with E-state index in [9.17, 15) is 4.79 Å². The Balaban J connectivity index is 1.84. The Hall–Kier alpha value is -2.13.